The van der Waals surface area contributed by atoms with Crippen molar-refractivity contribution in [3.8, 4) is 11.3 Å². The molecule has 0 amide bonds. The summed E-state index contributed by atoms with van der Waals surface area (Å²) in [7, 11) is 0. The predicted octanol–water partition coefficient (Wildman–Crippen LogP) is 4.08. The third kappa shape index (κ3) is 2.46. The molecular weight excluding hydrogens is 227 g/mol. The molecule has 0 bridgehead atoms. The molecule has 2 aromatic rings. The van der Waals surface area contributed by atoms with Crippen LogP contribution in [0.4, 0.5) is 13.2 Å². The van der Waals surface area contributed by atoms with Crippen molar-refractivity contribution in [1.82, 2.24) is 4.98 Å². The lowest BCUT2D eigenvalue weighted by Crippen LogP contribution is -2.07. The van der Waals surface area contributed by atoms with Crippen LogP contribution in [0.2, 0.25) is 0 Å². The lowest BCUT2D eigenvalue weighted by molar-refractivity contribution is -0.137. The molecule has 1 nitrogen and oxygen atoms in total. The Balaban J connectivity index is 2.64. The van der Waals surface area contributed by atoms with Crippen molar-refractivity contribution in [2.75, 3.05) is 0 Å². The number of hydrogen-bond acceptors (Lipinski definition) is 1. The third-order valence-corrected chi connectivity index (χ3v) is 2.42. The highest BCUT2D eigenvalue weighted by molar-refractivity contribution is 5.65. The zero-order chi connectivity index (χ0) is 12.5. The molecule has 4 heteroatoms. The summed E-state index contributed by atoms with van der Waals surface area (Å²) < 4.78 is 38.5. The van der Waals surface area contributed by atoms with Gasteiger partial charge in [-0.15, -0.1) is 0 Å². The molecule has 1 heterocycles. The van der Waals surface area contributed by atoms with Gasteiger partial charge < -0.3 is 0 Å². The van der Waals surface area contributed by atoms with Gasteiger partial charge in [0.1, 0.15) is 0 Å². The minimum Gasteiger partial charge on any atom is -0.256 e. The molecule has 0 radical (unpaired) electrons. The molecule has 2 rings (SSSR count). The minimum atomic E-state index is -4.36. The first-order chi connectivity index (χ1) is 7.98. The molecule has 0 saturated carbocycles. The van der Waals surface area contributed by atoms with Crippen LogP contribution in [0.25, 0.3) is 11.3 Å². The average molecular weight is 237 g/mol. The van der Waals surface area contributed by atoms with Crippen LogP contribution in [0.3, 0.4) is 0 Å². The summed E-state index contributed by atoms with van der Waals surface area (Å²) in [5, 5.41) is 0. The Morgan fingerprint density at radius 1 is 1.06 bits per heavy atom. The Labute approximate surface area is 96.9 Å². The van der Waals surface area contributed by atoms with E-state index >= 15 is 0 Å². The summed E-state index contributed by atoms with van der Waals surface area (Å²) in [5.74, 6) is 0. The van der Waals surface area contributed by atoms with Crippen LogP contribution in [0.5, 0.6) is 0 Å². The number of aromatic nitrogens is 1. The monoisotopic (exact) mass is 237 g/mol. The highest BCUT2D eigenvalue weighted by atomic mass is 19.4. The molecule has 0 spiro atoms. The summed E-state index contributed by atoms with van der Waals surface area (Å²) in [6.07, 6.45) is -2.88. The van der Waals surface area contributed by atoms with E-state index in [1.165, 1.54) is 18.3 Å². The lowest BCUT2D eigenvalue weighted by atomic mass is 10.0. The molecule has 1 aromatic carbocycles. The molecule has 0 atom stereocenters. The van der Waals surface area contributed by atoms with Gasteiger partial charge in [-0.25, -0.2) is 0 Å². The van der Waals surface area contributed by atoms with Gasteiger partial charge >= 0.3 is 6.18 Å². The van der Waals surface area contributed by atoms with Crippen LogP contribution in [0.1, 0.15) is 11.1 Å². The van der Waals surface area contributed by atoms with Crippen molar-refractivity contribution in [2.45, 2.75) is 13.1 Å². The van der Waals surface area contributed by atoms with Crippen LogP contribution in [0.15, 0.2) is 42.6 Å². The first-order valence-electron chi connectivity index (χ1n) is 5.08. The predicted molar refractivity (Wildman–Crippen MR) is 59.4 cm³/mol. The van der Waals surface area contributed by atoms with Crippen molar-refractivity contribution >= 4 is 0 Å². The molecule has 17 heavy (non-hydrogen) atoms. The second-order valence-electron chi connectivity index (χ2n) is 3.76. The quantitative estimate of drug-likeness (QED) is 0.728. The summed E-state index contributed by atoms with van der Waals surface area (Å²) in [5.41, 5.74) is 0.585. The van der Waals surface area contributed by atoms with Gasteiger partial charge in [-0.2, -0.15) is 13.2 Å². The first kappa shape index (κ1) is 11.6. The fraction of sp³-hybridized carbons (Fsp3) is 0.154. The summed E-state index contributed by atoms with van der Waals surface area (Å²) in [6.45, 7) is 1.76. The van der Waals surface area contributed by atoms with E-state index in [0.29, 0.717) is 5.69 Å². The number of rotatable bonds is 1. The smallest absolute Gasteiger partial charge is 0.256 e. The van der Waals surface area contributed by atoms with Gasteiger partial charge in [0, 0.05) is 11.8 Å². The van der Waals surface area contributed by atoms with E-state index in [2.05, 4.69) is 4.98 Å². The van der Waals surface area contributed by atoms with Crippen LogP contribution >= 0.6 is 0 Å². The Morgan fingerprint density at radius 2 is 1.82 bits per heavy atom. The van der Waals surface area contributed by atoms with Crippen molar-refractivity contribution < 1.29 is 13.2 Å². The molecule has 0 aliphatic rings. The summed E-state index contributed by atoms with van der Waals surface area (Å²) >= 11 is 0. The van der Waals surface area contributed by atoms with Crippen molar-refractivity contribution in [1.29, 1.82) is 0 Å². The molecule has 0 fully saturated rings. The molecular formula is C13H10F3N. The van der Waals surface area contributed by atoms with Crippen LogP contribution < -0.4 is 0 Å². The SMILES string of the molecule is Cc1ccc(C(F)(F)F)c(-c2ccccn2)c1. The number of pyridine rings is 1. The molecule has 0 saturated heterocycles. The van der Waals surface area contributed by atoms with Gasteiger partial charge in [0.05, 0.1) is 11.3 Å². The maximum absolute atomic E-state index is 12.8. The number of alkyl halides is 3. The second-order valence-corrected chi connectivity index (χ2v) is 3.76. The normalized spacial score (nSPS) is 11.5. The van der Waals surface area contributed by atoms with Crippen LogP contribution in [-0.2, 0) is 6.18 Å². The molecule has 1 aromatic heterocycles. The zero-order valence-corrected chi connectivity index (χ0v) is 9.12. The Morgan fingerprint density at radius 3 is 2.41 bits per heavy atom. The van der Waals surface area contributed by atoms with E-state index in [9.17, 15) is 13.2 Å². The molecule has 0 N–H and O–H groups in total. The van der Waals surface area contributed by atoms with E-state index < -0.39 is 11.7 Å². The largest absolute Gasteiger partial charge is 0.417 e. The van der Waals surface area contributed by atoms with E-state index in [-0.39, 0.29) is 5.56 Å². The minimum absolute atomic E-state index is 0.123. The van der Waals surface area contributed by atoms with E-state index in [4.69, 9.17) is 0 Å². The van der Waals surface area contributed by atoms with Crippen molar-refractivity contribution in [3.63, 3.8) is 0 Å². The van der Waals surface area contributed by atoms with Gasteiger partial charge in [-0.05, 0) is 31.2 Å². The maximum Gasteiger partial charge on any atom is 0.417 e. The third-order valence-electron chi connectivity index (χ3n) is 2.42. The number of nitrogens with zero attached hydrogens (tertiary/aromatic N) is 1. The Hall–Kier alpha value is -1.84. The van der Waals surface area contributed by atoms with Crippen molar-refractivity contribution in [3.05, 3.63) is 53.7 Å². The van der Waals surface area contributed by atoms with Gasteiger partial charge in [-0.3, -0.25) is 4.98 Å². The van der Waals surface area contributed by atoms with Gasteiger partial charge in [0.2, 0.25) is 0 Å². The van der Waals surface area contributed by atoms with Crippen LogP contribution in [-0.4, -0.2) is 4.98 Å². The fourth-order valence-electron chi connectivity index (χ4n) is 1.64. The van der Waals surface area contributed by atoms with E-state index in [0.717, 1.165) is 11.6 Å². The van der Waals surface area contributed by atoms with Gasteiger partial charge in [-0.1, -0.05) is 17.7 Å². The van der Waals surface area contributed by atoms with Crippen molar-refractivity contribution in [2.24, 2.45) is 0 Å². The second kappa shape index (κ2) is 4.20. The molecule has 0 aliphatic carbocycles. The molecule has 0 aliphatic heterocycles. The Kier molecular flexibility index (Phi) is 2.88. The topological polar surface area (TPSA) is 12.9 Å². The van der Waals surface area contributed by atoms with Gasteiger partial charge in [0.15, 0.2) is 0 Å². The standard InChI is InChI=1S/C13H10F3N/c1-9-5-6-11(13(14,15)16)10(8-9)12-4-2-3-7-17-12/h2-8H,1H3. The fourth-order valence-corrected chi connectivity index (χ4v) is 1.64. The van der Waals surface area contributed by atoms with Crippen LogP contribution in [0, 0.1) is 6.92 Å². The molecule has 0 unspecified atom stereocenters. The van der Waals surface area contributed by atoms with E-state index in [1.54, 1.807) is 25.1 Å². The molecule has 88 valence electrons. The highest BCUT2D eigenvalue weighted by Gasteiger charge is 2.33. The number of halogens is 3. The Bertz CT molecular complexity index is 518. The zero-order valence-electron chi connectivity index (χ0n) is 9.12. The summed E-state index contributed by atoms with van der Waals surface area (Å²) in [6, 6.07) is 8.97. The lowest BCUT2D eigenvalue weighted by Gasteiger charge is -2.13. The van der Waals surface area contributed by atoms with E-state index in [1.807, 2.05) is 0 Å². The van der Waals surface area contributed by atoms with Gasteiger partial charge in [0.25, 0.3) is 0 Å². The number of hydrogen-bond donors (Lipinski definition) is 0. The first-order valence-corrected chi connectivity index (χ1v) is 5.08. The maximum atomic E-state index is 12.8. The highest BCUT2D eigenvalue weighted by Crippen LogP contribution is 2.36. The average Bonchev–Trinajstić information content (AvgIpc) is 2.28. The number of aryl methyl sites for hydroxylation is 1. The summed E-state index contributed by atoms with van der Waals surface area (Å²) in [4.78, 5) is 3.96. The number of benzene rings is 1.